The van der Waals surface area contributed by atoms with Crippen LogP contribution in [0.4, 0.5) is 17.1 Å². The first-order valence-corrected chi connectivity index (χ1v) is 6.93. The smallest absolute Gasteiger partial charge is 0.243 e. The summed E-state index contributed by atoms with van der Waals surface area (Å²) in [6.07, 6.45) is 0. The highest BCUT2D eigenvalue weighted by Crippen LogP contribution is 2.23. The molecule has 2 N–H and O–H groups in total. The zero-order valence-corrected chi connectivity index (χ0v) is 12.7. The Balaban J connectivity index is 1.97. The van der Waals surface area contributed by atoms with Gasteiger partial charge in [-0.2, -0.15) is 0 Å². The van der Waals surface area contributed by atoms with Crippen LogP contribution in [-0.4, -0.2) is 26.5 Å². The average molecular weight is 283 g/mol. The minimum absolute atomic E-state index is 0.0575. The summed E-state index contributed by atoms with van der Waals surface area (Å²) in [7, 11) is 3.96. The third kappa shape index (κ3) is 3.99. The molecular weight excluding hydrogens is 262 g/mol. The van der Waals surface area contributed by atoms with Crippen molar-refractivity contribution >= 4 is 23.0 Å². The standard InChI is InChI=1S/C17H21N3O/c1-13-8-4-5-9-14(13)19-17(21)12-18-15-10-6-7-11-16(15)20(2)3/h4-11,18H,12H2,1-3H3,(H,19,21). The number of para-hydroxylation sites is 3. The Morgan fingerprint density at radius 3 is 2.29 bits per heavy atom. The lowest BCUT2D eigenvalue weighted by atomic mass is 10.2. The van der Waals surface area contributed by atoms with Crippen LogP contribution in [0.5, 0.6) is 0 Å². The van der Waals surface area contributed by atoms with Gasteiger partial charge in [0.2, 0.25) is 5.91 Å². The van der Waals surface area contributed by atoms with Gasteiger partial charge >= 0.3 is 0 Å². The molecule has 0 radical (unpaired) electrons. The third-order valence-corrected chi connectivity index (χ3v) is 3.24. The van der Waals surface area contributed by atoms with Crippen LogP contribution in [0.25, 0.3) is 0 Å². The van der Waals surface area contributed by atoms with Crippen molar-refractivity contribution in [2.75, 3.05) is 36.2 Å². The van der Waals surface area contributed by atoms with E-state index in [-0.39, 0.29) is 12.5 Å². The molecule has 0 spiro atoms. The topological polar surface area (TPSA) is 44.4 Å². The molecule has 0 fully saturated rings. The summed E-state index contributed by atoms with van der Waals surface area (Å²) in [4.78, 5) is 14.0. The van der Waals surface area contributed by atoms with Gasteiger partial charge in [0.25, 0.3) is 0 Å². The van der Waals surface area contributed by atoms with Gasteiger partial charge in [-0.3, -0.25) is 4.79 Å². The van der Waals surface area contributed by atoms with E-state index in [9.17, 15) is 4.79 Å². The van der Waals surface area contributed by atoms with E-state index >= 15 is 0 Å². The van der Waals surface area contributed by atoms with Gasteiger partial charge < -0.3 is 15.5 Å². The number of amides is 1. The van der Waals surface area contributed by atoms with E-state index in [1.54, 1.807) is 0 Å². The number of aryl methyl sites for hydroxylation is 1. The molecular formula is C17H21N3O. The number of rotatable bonds is 5. The molecule has 0 aliphatic carbocycles. The Morgan fingerprint density at radius 1 is 1.00 bits per heavy atom. The summed E-state index contributed by atoms with van der Waals surface area (Å²) < 4.78 is 0. The molecule has 0 unspecified atom stereocenters. The van der Waals surface area contributed by atoms with Gasteiger partial charge in [-0.1, -0.05) is 30.3 Å². The number of carbonyl (C=O) groups excluding carboxylic acids is 1. The normalized spacial score (nSPS) is 10.0. The fraction of sp³-hybridized carbons (Fsp3) is 0.235. The van der Waals surface area contributed by atoms with Crippen molar-refractivity contribution in [3.05, 3.63) is 54.1 Å². The monoisotopic (exact) mass is 283 g/mol. The maximum Gasteiger partial charge on any atom is 0.243 e. The number of anilines is 3. The van der Waals surface area contributed by atoms with Crippen LogP contribution in [-0.2, 0) is 4.79 Å². The van der Waals surface area contributed by atoms with Crippen molar-refractivity contribution in [3.63, 3.8) is 0 Å². The molecule has 110 valence electrons. The van der Waals surface area contributed by atoms with Gasteiger partial charge in [-0.05, 0) is 30.7 Å². The summed E-state index contributed by atoms with van der Waals surface area (Å²) in [5.41, 5.74) is 3.91. The Bertz CT molecular complexity index is 623. The van der Waals surface area contributed by atoms with Gasteiger partial charge in [0.1, 0.15) is 0 Å². The molecule has 0 saturated heterocycles. The quantitative estimate of drug-likeness (QED) is 0.886. The predicted octanol–water partition coefficient (Wildman–Crippen LogP) is 3.11. The third-order valence-electron chi connectivity index (χ3n) is 3.24. The van der Waals surface area contributed by atoms with E-state index in [2.05, 4.69) is 10.6 Å². The van der Waals surface area contributed by atoms with Crippen LogP contribution >= 0.6 is 0 Å². The lowest BCUT2D eigenvalue weighted by Crippen LogP contribution is -2.23. The summed E-state index contributed by atoms with van der Waals surface area (Å²) in [6, 6.07) is 15.7. The van der Waals surface area contributed by atoms with Crippen LogP contribution in [0, 0.1) is 6.92 Å². The van der Waals surface area contributed by atoms with E-state index < -0.39 is 0 Å². The van der Waals surface area contributed by atoms with Crippen molar-refractivity contribution in [1.29, 1.82) is 0 Å². The van der Waals surface area contributed by atoms with E-state index in [0.717, 1.165) is 22.6 Å². The molecule has 0 aliphatic rings. The first-order valence-electron chi connectivity index (χ1n) is 6.93. The Labute approximate surface area is 125 Å². The van der Waals surface area contributed by atoms with E-state index in [4.69, 9.17) is 0 Å². The molecule has 21 heavy (non-hydrogen) atoms. The number of hydrogen-bond acceptors (Lipinski definition) is 3. The lowest BCUT2D eigenvalue weighted by Gasteiger charge is -2.18. The summed E-state index contributed by atoms with van der Waals surface area (Å²) in [6.45, 7) is 2.21. The Hall–Kier alpha value is -2.49. The Kier molecular flexibility index (Phi) is 4.82. The highest BCUT2D eigenvalue weighted by molar-refractivity contribution is 5.94. The molecule has 0 aliphatic heterocycles. The van der Waals surface area contributed by atoms with Crippen molar-refractivity contribution in [2.45, 2.75) is 6.92 Å². The number of benzene rings is 2. The highest BCUT2D eigenvalue weighted by Gasteiger charge is 2.07. The molecule has 2 aromatic carbocycles. The van der Waals surface area contributed by atoms with E-state index in [1.807, 2.05) is 74.4 Å². The molecule has 1 amide bonds. The predicted molar refractivity (Wildman–Crippen MR) is 89.1 cm³/mol. The molecule has 0 heterocycles. The minimum Gasteiger partial charge on any atom is -0.376 e. The second kappa shape index (κ2) is 6.79. The SMILES string of the molecule is Cc1ccccc1NC(=O)CNc1ccccc1N(C)C. The zero-order chi connectivity index (χ0) is 15.2. The summed E-state index contributed by atoms with van der Waals surface area (Å²) in [5, 5.41) is 6.09. The Morgan fingerprint density at radius 2 is 1.62 bits per heavy atom. The number of hydrogen-bond donors (Lipinski definition) is 2. The fourth-order valence-electron chi connectivity index (χ4n) is 2.10. The van der Waals surface area contributed by atoms with Gasteiger partial charge in [0.05, 0.1) is 17.9 Å². The van der Waals surface area contributed by atoms with Crippen molar-refractivity contribution in [1.82, 2.24) is 0 Å². The summed E-state index contributed by atoms with van der Waals surface area (Å²) in [5.74, 6) is -0.0575. The zero-order valence-electron chi connectivity index (χ0n) is 12.7. The van der Waals surface area contributed by atoms with Gasteiger partial charge in [-0.15, -0.1) is 0 Å². The maximum atomic E-state index is 12.0. The second-order valence-electron chi connectivity index (χ2n) is 5.13. The molecule has 0 bridgehead atoms. The average Bonchev–Trinajstić information content (AvgIpc) is 2.48. The van der Waals surface area contributed by atoms with Crippen LogP contribution in [0.2, 0.25) is 0 Å². The first-order chi connectivity index (χ1) is 10.1. The van der Waals surface area contributed by atoms with Crippen LogP contribution in [0.15, 0.2) is 48.5 Å². The first kappa shape index (κ1) is 14.9. The van der Waals surface area contributed by atoms with Gasteiger partial charge in [0, 0.05) is 19.8 Å². The fourth-order valence-corrected chi connectivity index (χ4v) is 2.10. The van der Waals surface area contributed by atoms with Gasteiger partial charge in [0.15, 0.2) is 0 Å². The molecule has 2 rings (SSSR count). The molecule has 0 saturated carbocycles. The number of nitrogens with zero attached hydrogens (tertiary/aromatic N) is 1. The molecule has 4 heteroatoms. The van der Waals surface area contributed by atoms with Crippen LogP contribution < -0.4 is 15.5 Å². The molecule has 2 aromatic rings. The largest absolute Gasteiger partial charge is 0.376 e. The molecule has 4 nitrogen and oxygen atoms in total. The van der Waals surface area contributed by atoms with E-state index in [1.165, 1.54) is 0 Å². The van der Waals surface area contributed by atoms with Crippen molar-refractivity contribution in [3.8, 4) is 0 Å². The number of nitrogens with one attached hydrogen (secondary N) is 2. The van der Waals surface area contributed by atoms with Crippen LogP contribution in [0.1, 0.15) is 5.56 Å². The summed E-state index contributed by atoms with van der Waals surface area (Å²) >= 11 is 0. The maximum absolute atomic E-state index is 12.0. The minimum atomic E-state index is -0.0575. The van der Waals surface area contributed by atoms with Crippen molar-refractivity contribution in [2.24, 2.45) is 0 Å². The van der Waals surface area contributed by atoms with Crippen LogP contribution in [0.3, 0.4) is 0 Å². The molecule has 0 aromatic heterocycles. The lowest BCUT2D eigenvalue weighted by molar-refractivity contribution is -0.114. The highest BCUT2D eigenvalue weighted by atomic mass is 16.1. The number of carbonyl (C=O) groups is 1. The van der Waals surface area contributed by atoms with Crippen molar-refractivity contribution < 1.29 is 4.79 Å². The second-order valence-corrected chi connectivity index (χ2v) is 5.13. The molecule has 0 atom stereocenters. The van der Waals surface area contributed by atoms with E-state index in [0.29, 0.717) is 0 Å². The van der Waals surface area contributed by atoms with Gasteiger partial charge in [-0.25, -0.2) is 0 Å².